The van der Waals surface area contributed by atoms with Gasteiger partial charge in [0.05, 0.1) is 12.9 Å². The van der Waals surface area contributed by atoms with Gasteiger partial charge >= 0.3 is 0 Å². The second-order valence-electron chi connectivity index (χ2n) is 2.77. The number of rotatable bonds is 5. The van der Waals surface area contributed by atoms with E-state index >= 15 is 0 Å². The van der Waals surface area contributed by atoms with Crippen molar-refractivity contribution in [2.45, 2.75) is 6.42 Å². The second kappa shape index (κ2) is 5.29. The van der Waals surface area contributed by atoms with Gasteiger partial charge in [-0.2, -0.15) is 19.8 Å². The zero-order valence-corrected chi connectivity index (χ0v) is 9.48. The van der Waals surface area contributed by atoms with Crippen molar-refractivity contribution in [2.75, 3.05) is 12.9 Å². The van der Waals surface area contributed by atoms with E-state index in [1.165, 1.54) is 0 Å². The molecule has 0 radical (unpaired) electrons. The van der Waals surface area contributed by atoms with Gasteiger partial charge in [0.1, 0.15) is 0 Å². The van der Waals surface area contributed by atoms with Crippen LogP contribution in [-0.2, 0) is 14.3 Å². The van der Waals surface area contributed by atoms with Gasteiger partial charge in [-0.15, -0.1) is 0 Å². The molecule has 1 heterocycles. The lowest BCUT2D eigenvalue weighted by Crippen LogP contribution is -2.02. The van der Waals surface area contributed by atoms with Crippen molar-refractivity contribution in [3.05, 3.63) is 28.5 Å². The van der Waals surface area contributed by atoms with Crippen molar-refractivity contribution in [1.29, 1.82) is 0 Å². The highest BCUT2D eigenvalue weighted by Crippen LogP contribution is 2.08. The first-order chi connectivity index (χ1) is 6.58. The Hall–Kier alpha value is -0.650. The van der Waals surface area contributed by atoms with Gasteiger partial charge in [0.15, 0.2) is 0 Å². The average molecular weight is 232 g/mol. The van der Waals surface area contributed by atoms with Crippen LogP contribution >= 0.6 is 11.3 Å². The van der Waals surface area contributed by atoms with Crippen LogP contribution < -0.4 is 0 Å². The summed E-state index contributed by atoms with van der Waals surface area (Å²) in [6.07, 6.45) is 5.49. The quantitative estimate of drug-likeness (QED) is 0.577. The van der Waals surface area contributed by atoms with Gasteiger partial charge in [0, 0.05) is 0 Å². The van der Waals surface area contributed by atoms with Gasteiger partial charge in [-0.05, 0) is 28.8 Å². The zero-order chi connectivity index (χ0) is 10.4. The Balaban J connectivity index is 2.22. The second-order valence-corrected chi connectivity index (χ2v) is 5.20. The Morgan fingerprint density at radius 1 is 1.57 bits per heavy atom. The molecule has 3 nitrogen and oxygen atoms in total. The summed E-state index contributed by atoms with van der Waals surface area (Å²) in [5.74, 6) is 0. The van der Waals surface area contributed by atoms with Crippen LogP contribution in [0, 0.1) is 0 Å². The molecule has 5 heteroatoms. The number of thiophene rings is 1. The molecular formula is C9H12O3S2. The standard InChI is InChI=1S/C9H12O3S2/c1-14(10,11)12-6-3-2-4-9-5-7-13-8-9/h2,4-5,7-8H,3,6H2,1H3. The summed E-state index contributed by atoms with van der Waals surface area (Å²) in [6.45, 7) is 0.208. The van der Waals surface area contributed by atoms with Crippen LogP contribution in [-0.4, -0.2) is 21.3 Å². The fourth-order valence-corrected chi connectivity index (χ4v) is 1.88. The first-order valence-corrected chi connectivity index (χ1v) is 6.87. The summed E-state index contributed by atoms with van der Waals surface area (Å²) in [5.41, 5.74) is 1.13. The minimum atomic E-state index is -3.29. The molecule has 0 fully saturated rings. The summed E-state index contributed by atoms with van der Waals surface area (Å²) in [7, 11) is -3.29. The van der Waals surface area contributed by atoms with Gasteiger partial charge in [-0.25, -0.2) is 0 Å². The maximum atomic E-state index is 10.6. The smallest absolute Gasteiger partial charge is 0.264 e. The van der Waals surface area contributed by atoms with E-state index in [0.29, 0.717) is 6.42 Å². The Bertz CT molecular complexity index is 376. The summed E-state index contributed by atoms with van der Waals surface area (Å²) < 4.78 is 25.7. The van der Waals surface area contributed by atoms with Gasteiger partial charge in [-0.3, -0.25) is 4.18 Å². The third-order valence-corrected chi connectivity index (χ3v) is 2.73. The monoisotopic (exact) mass is 232 g/mol. The summed E-state index contributed by atoms with van der Waals surface area (Å²) in [5, 5.41) is 4.01. The normalized spacial score (nSPS) is 12.4. The van der Waals surface area contributed by atoms with Crippen LogP contribution in [0.15, 0.2) is 22.9 Å². The van der Waals surface area contributed by atoms with Gasteiger partial charge in [0.25, 0.3) is 10.1 Å². The van der Waals surface area contributed by atoms with Crippen LogP contribution in [0.3, 0.4) is 0 Å². The van der Waals surface area contributed by atoms with Crippen LogP contribution in [0.5, 0.6) is 0 Å². The molecule has 0 saturated heterocycles. The maximum absolute atomic E-state index is 10.6. The Labute approximate surface area is 88.2 Å². The molecule has 78 valence electrons. The Morgan fingerprint density at radius 3 is 2.93 bits per heavy atom. The Morgan fingerprint density at radius 2 is 2.36 bits per heavy atom. The topological polar surface area (TPSA) is 43.4 Å². The van der Waals surface area contributed by atoms with Gasteiger partial charge < -0.3 is 0 Å². The fraction of sp³-hybridized carbons (Fsp3) is 0.333. The van der Waals surface area contributed by atoms with E-state index < -0.39 is 10.1 Å². The summed E-state index contributed by atoms with van der Waals surface area (Å²) >= 11 is 1.63. The van der Waals surface area contributed by atoms with E-state index in [1.54, 1.807) is 11.3 Å². The van der Waals surface area contributed by atoms with E-state index in [9.17, 15) is 8.42 Å². The molecule has 0 aromatic carbocycles. The predicted octanol–water partition coefficient (Wildman–Crippen LogP) is 2.13. The lowest BCUT2D eigenvalue weighted by molar-refractivity contribution is 0.329. The van der Waals surface area contributed by atoms with E-state index in [0.717, 1.165) is 11.8 Å². The number of hydrogen-bond donors (Lipinski definition) is 0. The molecule has 0 aliphatic carbocycles. The molecule has 14 heavy (non-hydrogen) atoms. The van der Waals surface area contributed by atoms with Crippen molar-refractivity contribution >= 4 is 27.5 Å². The molecular weight excluding hydrogens is 220 g/mol. The van der Waals surface area contributed by atoms with Crippen molar-refractivity contribution in [1.82, 2.24) is 0 Å². The maximum Gasteiger partial charge on any atom is 0.264 e. The lowest BCUT2D eigenvalue weighted by atomic mass is 10.3. The van der Waals surface area contributed by atoms with E-state index in [4.69, 9.17) is 0 Å². The first-order valence-electron chi connectivity index (χ1n) is 4.11. The predicted molar refractivity (Wildman–Crippen MR) is 58.8 cm³/mol. The fourth-order valence-electron chi connectivity index (χ4n) is 0.857. The van der Waals surface area contributed by atoms with Crippen LogP contribution in [0.25, 0.3) is 6.08 Å². The largest absolute Gasteiger partial charge is 0.270 e. The molecule has 0 unspecified atom stereocenters. The van der Waals surface area contributed by atoms with Gasteiger partial charge in [0.2, 0.25) is 0 Å². The third-order valence-electron chi connectivity index (χ3n) is 1.44. The highest BCUT2D eigenvalue weighted by molar-refractivity contribution is 7.85. The molecule has 0 spiro atoms. The minimum absolute atomic E-state index is 0.208. The van der Waals surface area contributed by atoms with Crippen LogP contribution in [0.4, 0.5) is 0 Å². The summed E-state index contributed by atoms with van der Waals surface area (Å²) in [6, 6.07) is 2.00. The van der Waals surface area contributed by atoms with Crippen molar-refractivity contribution < 1.29 is 12.6 Å². The minimum Gasteiger partial charge on any atom is -0.270 e. The van der Waals surface area contributed by atoms with Crippen LogP contribution in [0.1, 0.15) is 12.0 Å². The molecule has 0 saturated carbocycles. The molecule has 0 bridgehead atoms. The molecule has 0 aliphatic rings. The number of hydrogen-bond acceptors (Lipinski definition) is 4. The molecule has 1 aromatic heterocycles. The molecule has 1 aromatic rings. The SMILES string of the molecule is CS(=O)(=O)OCCC=Cc1ccsc1. The van der Waals surface area contributed by atoms with Crippen molar-refractivity contribution in [2.24, 2.45) is 0 Å². The Kier molecular flexibility index (Phi) is 4.31. The molecule has 0 atom stereocenters. The third kappa shape index (κ3) is 5.16. The average Bonchev–Trinajstić information content (AvgIpc) is 2.54. The zero-order valence-electron chi connectivity index (χ0n) is 7.84. The lowest BCUT2D eigenvalue weighted by Gasteiger charge is -1.96. The molecule has 0 N–H and O–H groups in total. The van der Waals surface area contributed by atoms with E-state index in [1.807, 2.05) is 29.0 Å². The molecule has 0 amide bonds. The first kappa shape index (κ1) is 11.4. The molecule has 0 aliphatic heterocycles. The van der Waals surface area contributed by atoms with Gasteiger partial charge in [-0.1, -0.05) is 12.2 Å². The molecule has 1 rings (SSSR count). The summed E-state index contributed by atoms with van der Waals surface area (Å²) in [4.78, 5) is 0. The van der Waals surface area contributed by atoms with E-state index in [-0.39, 0.29) is 6.61 Å². The highest BCUT2D eigenvalue weighted by atomic mass is 32.2. The van der Waals surface area contributed by atoms with E-state index in [2.05, 4.69) is 4.18 Å². The van der Waals surface area contributed by atoms with Crippen LogP contribution in [0.2, 0.25) is 0 Å². The van der Waals surface area contributed by atoms with Crippen molar-refractivity contribution in [3.8, 4) is 0 Å². The van der Waals surface area contributed by atoms with Crippen molar-refractivity contribution in [3.63, 3.8) is 0 Å². The highest BCUT2D eigenvalue weighted by Gasteiger charge is 1.98.